The fraction of sp³-hybridized carbons (Fsp3) is 0.467. The zero-order valence-corrected chi connectivity index (χ0v) is 11.7. The fourth-order valence-corrected chi connectivity index (χ4v) is 3.15. The van der Waals surface area contributed by atoms with Crippen molar-refractivity contribution in [1.82, 2.24) is 14.3 Å². The van der Waals surface area contributed by atoms with Crippen molar-refractivity contribution < 1.29 is 14.3 Å². The number of nitrogens with zero attached hydrogens (tertiary/aromatic N) is 3. The lowest BCUT2D eigenvalue weighted by atomic mass is 9.95. The van der Waals surface area contributed by atoms with Crippen molar-refractivity contribution in [3.8, 4) is 0 Å². The first kappa shape index (κ1) is 12.8. The van der Waals surface area contributed by atoms with E-state index in [1.807, 2.05) is 33.7 Å². The molecule has 1 atom stereocenters. The molecule has 2 fully saturated rings. The van der Waals surface area contributed by atoms with Crippen LogP contribution in [0.3, 0.4) is 0 Å². The van der Waals surface area contributed by atoms with Crippen LogP contribution in [0.25, 0.3) is 5.65 Å². The Morgan fingerprint density at radius 2 is 2.10 bits per heavy atom. The fourth-order valence-electron chi connectivity index (χ4n) is 3.15. The SMILES string of the molecule is O=C(c1cn2ccccc2n1)N1CCOCC12CCOC2. The third-order valence-corrected chi connectivity index (χ3v) is 4.31. The number of pyridine rings is 1. The predicted octanol–water partition coefficient (Wildman–Crippen LogP) is 0.966. The molecule has 21 heavy (non-hydrogen) atoms. The molecule has 2 aromatic heterocycles. The van der Waals surface area contributed by atoms with Crippen LogP contribution in [0.15, 0.2) is 30.6 Å². The molecule has 2 aromatic rings. The van der Waals surface area contributed by atoms with E-state index in [9.17, 15) is 4.79 Å². The van der Waals surface area contributed by atoms with Gasteiger partial charge in [0.15, 0.2) is 0 Å². The van der Waals surface area contributed by atoms with Crippen molar-refractivity contribution in [2.45, 2.75) is 12.0 Å². The molecule has 0 radical (unpaired) electrons. The van der Waals surface area contributed by atoms with E-state index in [0.717, 1.165) is 12.1 Å². The monoisotopic (exact) mass is 287 g/mol. The molecular formula is C15H17N3O3. The summed E-state index contributed by atoms with van der Waals surface area (Å²) >= 11 is 0. The van der Waals surface area contributed by atoms with Gasteiger partial charge in [0, 0.05) is 25.5 Å². The van der Waals surface area contributed by atoms with Crippen LogP contribution >= 0.6 is 0 Å². The number of carbonyl (C=O) groups excluding carboxylic acids is 1. The lowest BCUT2D eigenvalue weighted by molar-refractivity contribution is -0.0552. The van der Waals surface area contributed by atoms with E-state index in [1.165, 1.54) is 0 Å². The van der Waals surface area contributed by atoms with E-state index in [0.29, 0.717) is 38.7 Å². The lowest BCUT2D eigenvalue weighted by Crippen LogP contribution is -2.59. The van der Waals surface area contributed by atoms with Gasteiger partial charge in [-0.1, -0.05) is 6.07 Å². The molecule has 0 bridgehead atoms. The van der Waals surface area contributed by atoms with Gasteiger partial charge >= 0.3 is 0 Å². The van der Waals surface area contributed by atoms with Gasteiger partial charge in [-0.2, -0.15) is 0 Å². The van der Waals surface area contributed by atoms with Crippen LogP contribution in [0.2, 0.25) is 0 Å². The van der Waals surface area contributed by atoms with E-state index in [2.05, 4.69) is 4.98 Å². The zero-order valence-electron chi connectivity index (χ0n) is 11.7. The summed E-state index contributed by atoms with van der Waals surface area (Å²) in [5.74, 6) is -0.0347. The maximum atomic E-state index is 12.9. The van der Waals surface area contributed by atoms with Gasteiger partial charge in [-0.25, -0.2) is 4.98 Å². The van der Waals surface area contributed by atoms with Crippen LogP contribution in [0.4, 0.5) is 0 Å². The topological polar surface area (TPSA) is 56.1 Å². The van der Waals surface area contributed by atoms with Crippen LogP contribution < -0.4 is 0 Å². The molecule has 1 spiro atoms. The lowest BCUT2D eigenvalue weighted by Gasteiger charge is -2.43. The maximum Gasteiger partial charge on any atom is 0.274 e. The number of imidazole rings is 1. The largest absolute Gasteiger partial charge is 0.379 e. The number of hydrogen-bond acceptors (Lipinski definition) is 4. The molecule has 110 valence electrons. The van der Waals surface area contributed by atoms with E-state index >= 15 is 0 Å². The summed E-state index contributed by atoms with van der Waals surface area (Å²) < 4.78 is 13.0. The van der Waals surface area contributed by atoms with Crippen LogP contribution in [-0.2, 0) is 9.47 Å². The predicted molar refractivity (Wildman–Crippen MR) is 75.2 cm³/mol. The summed E-state index contributed by atoms with van der Waals surface area (Å²) in [6.45, 7) is 2.94. The first-order valence-electron chi connectivity index (χ1n) is 7.20. The quantitative estimate of drug-likeness (QED) is 0.784. The van der Waals surface area contributed by atoms with Crippen LogP contribution in [-0.4, -0.2) is 58.7 Å². The average molecular weight is 287 g/mol. The molecule has 6 heteroatoms. The Hall–Kier alpha value is -1.92. The normalized spacial score (nSPS) is 25.8. The number of morpholine rings is 1. The molecule has 4 heterocycles. The Morgan fingerprint density at radius 3 is 2.90 bits per heavy atom. The highest BCUT2D eigenvalue weighted by Gasteiger charge is 2.46. The number of fused-ring (bicyclic) bond motifs is 1. The summed E-state index contributed by atoms with van der Waals surface area (Å²) in [7, 11) is 0. The molecule has 2 aliphatic rings. The number of carbonyl (C=O) groups is 1. The molecular weight excluding hydrogens is 270 g/mol. The van der Waals surface area contributed by atoms with Crippen LogP contribution in [0.1, 0.15) is 16.9 Å². The molecule has 2 saturated heterocycles. The van der Waals surface area contributed by atoms with Crippen molar-refractivity contribution in [1.29, 1.82) is 0 Å². The molecule has 4 rings (SSSR count). The van der Waals surface area contributed by atoms with Crippen LogP contribution in [0.5, 0.6) is 0 Å². The molecule has 0 saturated carbocycles. The number of amides is 1. The second kappa shape index (κ2) is 4.82. The molecule has 2 aliphatic heterocycles. The van der Waals surface area contributed by atoms with Crippen LogP contribution in [0, 0.1) is 0 Å². The number of rotatable bonds is 1. The Kier molecular flexibility index (Phi) is 2.94. The standard InChI is InChI=1S/C15H17N3O3/c19-14(12-9-17-5-2-1-3-13(17)16-12)18-6-8-21-11-15(18)4-7-20-10-15/h1-3,5,9H,4,6-8,10-11H2. The minimum atomic E-state index is -0.314. The highest BCUT2D eigenvalue weighted by atomic mass is 16.5. The second-order valence-corrected chi connectivity index (χ2v) is 5.63. The first-order chi connectivity index (χ1) is 10.3. The molecule has 0 aromatic carbocycles. The van der Waals surface area contributed by atoms with Crippen molar-refractivity contribution in [3.63, 3.8) is 0 Å². The van der Waals surface area contributed by atoms with E-state index in [4.69, 9.17) is 9.47 Å². The van der Waals surface area contributed by atoms with Crippen molar-refractivity contribution in [3.05, 3.63) is 36.3 Å². The van der Waals surface area contributed by atoms with E-state index in [1.54, 1.807) is 6.20 Å². The zero-order chi connectivity index (χ0) is 14.3. The molecule has 1 unspecified atom stereocenters. The smallest absolute Gasteiger partial charge is 0.274 e. The average Bonchev–Trinajstić information content (AvgIpc) is 3.14. The van der Waals surface area contributed by atoms with Gasteiger partial charge in [0.25, 0.3) is 5.91 Å². The Labute approximate surface area is 122 Å². The van der Waals surface area contributed by atoms with Gasteiger partial charge in [-0.05, 0) is 18.6 Å². The minimum Gasteiger partial charge on any atom is -0.379 e. The van der Waals surface area contributed by atoms with E-state index in [-0.39, 0.29) is 11.4 Å². The molecule has 0 N–H and O–H groups in total. The minimum absolute atomic E-state index is 0.0347. The third-order valence-electron chi connectivity index (χ3n) is 4.31. The molecule has 1 amide bonds. The molecule has 6 nitrogen and oxygen atoms in total. The highest BCUT2D eigenvalue weighted by molar-refractivity contribution is 5.93. The summed E-state index contributed by atoms with van der Waals surface area (Å²) in [6.07, 6.45) is 4.51. The summed E-state index contributed by atoms with van der Waals surface area (Å²) in [5, 5.41) is 0. The Balaban J connectivity index is 1.69. The summed E-state index contributed by atoms with van der Waals surface area (Å²) in [4.78, 5) is 19.2. The maximum absolute atomic E-state index is 12.9. The van der Waals surface area contributed by atoms with Gasteiger partial charge in [0.1, 0.15) is 11.3 Å². The number of hydrogen-bond donors (Lipinski definition) is 0. The Bertz CT molecular complexity index is 643. The highest BCUT2D eigenvalue weighted by Crippen LogP contribution is 2.30. The molecule has 0 aliphatic carbocycles. The van der Waals surface area contributed by atoms with Crippen molar-refractivity contribution in [2.75, 3.05) is 33.0 Å². The van der Waals surface area contributed by atoms with Gasteiger partial charge < -0.3 is 18.8 Å². The number of aromatic nitrogens is 2. The van der Waals surface area contributed by atoms with Gasteiger partial charge in [-0.3, -0.25) is 4.79 Å². The summed E-state index contributed by atoms with van der Waals surface area (Å²) in [6, 6.07) is 5.73. The summed E-state index contributed by atoms with van der Waals surface area (Å²) in [5.41, 5.74) is 0.950. The first-order valence-corrected chi connectivity index (χ1v) is 7.20. The van der Waals surface area contributed by atoms with Crippen molar-refractivity contribution >= 4 is 11.6 Å². The third kappa shape index (κ3) is 2.02. The van der Waals surface area contributed by atoms with Gasteiger partial charge in [0.2, 0.25) is 0 Å². The van der Waals surface area contributed by atoms with Gasteiger partial charge in [0.05, 0.1) is 25.4 Å². The second-order valence-electron chi connectivity index (χ2n) is 5.63. The number of ether oxygens (including phenoxy) is 2. The van der Waals surface area contributed by atoms with E-state index < -0.39 is 0 Å². The van der Waals surface area contributed by atoms with Gasteiger partial charge in [-0.15, -0.1) is 0 Å². The Morgan fingerprint density at radius 1 is 1.24 bits per heavy atom. The van der Waals surface area contributed by atoms with Crippen molar-refractivity contribution in [2.24, 2.45) is 0 Å².